The summed E-state index contributed by atoms with van der Waals surface area (Å²) in [4.78, 5) is 18.3. The van der Waals surface area contributed by atoms with E-state index in [9.17, 15) is 4.79 Å². The van der Waals surface area contributed by atoms with E-state index in [4.69, 9.17) is 16.0 Å². The molecular weight excluding hydrogens is 374 g/mol. The standard InChI is InChI=1S/C22H20ClN3O2/c1-15-4-3-5-21-24-18(12-22(27)26(15)21)13-25(2)14-19-10-11-20(28-19)16-6-8-17(23)9-7-16/h3-12H,13-14H2,1-2H3/p+1. The highest BCUT2D eigenvalue weighted by molar-refractivity contribution is 6.30. The van der Waals surface area contributed by atoms with Crippen LogP contribution in [0.1, 0.15) is 17.1 Å². The van der Waals surface area contributed by atoms with Crippen molar-refractivity contribution in [1.29, 1.82) is 0 Å². The van der Waals surface area contributed by atoms with Gasteiger partial charge >= 0.3 is 0 Å². The summed E-state index contributed by atoms with van der Waals surface area (Å²) in [7, 11) is 2.06. The van der Waals surface area contributed by atoms with Crippen LogP contribution in [-0.4, -0.2) is 16.4 Å². The molecule has 3 aromatic heterocycles. The van der Waals surface area contributed by atoms with Crippen molar-refractivity contribution < 1.29 is 9.32 Å². The quantitative estimate of drug-likeness (QED) is 0.565. The van der Waals surface area contributed by atoms with Crippen molar-refractivity contribution in [2.45, 2.75) is 20.0 Å². The van der Waals surface area contributed by atoms with Crippen molar-refractivity contribution in [3.05, 3.63) is 93.2 Å². The fourth-order valence-electron chi connectivity index (χ4n) is 3.37. The van der Waals surface area contributed by atoms with Gasteiger partial charge in [0, 0.05) is 22.3 Å². The van der Waals surface area contributed by atoms with Crippen LogP contribution in [0, 0.1) is 6.92 Å². The molecule has 5 nitrogen and oxygen atoms in total. The molecule has 142 valence electrons. The molecule has 0 fully saturated rings. The predicted molar refractivity (Wildman–Crippen MR) is 110 cm³/mol. The maximum absolute atomic E-state index is 12.4. The molecule has 0 radical (unpaired) electrons. The fourth-order valence-corrected chi connectivity index (χ4v) is 3.49. The van der Waals surface area contributed by atoms with Gasteiger partial charge in [0.2, 0.25) is 0 Å². The van der Waals surface area contributed by atoms with Gasteiger partial charge in [-0.3, -0.25) is 9.20 Å². The van der Waals surface area contributed by atoms with Gasteiger partial charge in [-0.1, -0.05) is 17.7 Å². The smallest absolute Gasteiger partial charge is 0.258 e. The molecular formula is C22H21ClN3O2+. The number of halogens is 1. The van der Waals surface area contributed by atoms with Gasteiger partial charge in [-0.25, -0.2) is 4.98 Å². The lowest BCUT2D eigenvalue weighted by atomic mass is 10.2. The van der Waals surface area contributed by atoms with Gasteiger partial charge in [-0.15, -0.1) is 0 Å². The Balaban J connectivity index is 1.49. The number of furan rings is 1. The fraction of sp³-hybridized carbons (Fsp3) is 0.182. The Kier molecular flexibility index (Phi) is 5.03. The third-order valence-electron chi connectivity index (χ3n) is 4.68. The van der Waals surface area contributed by atoms with E-state index in [-0.39, 0.29) is 5.56 Å². The molecule has 1 unspecified atom stereocenters. The molecule has 6 heteroatoms. The molecule has 1 aromatic carbocycles. The van der Waals surface area contributed by atoms with Crippen LogP contribution in [0.5, 0.6) is 0 Å². The van der Waals surface area contributed by atoms with Crippen LogP contribution in [0.25, 0.3) is 17.0 Å². The zero-order chi connectivity index (χ0) is 19.7. The number of benzene rings is 1. The second-order valence-corrected chi connectivity index (χ2v) is 7.47. The average molecular weight is 395 g/mol. The highest BCUT2D eigenvalue weighted by Gasteiger charge is 2.13. The van der Waals surface area contributed by atoms with Crippen molar-refractivity contribution in [2.75, 3.05) is 7.05 Å². The van der Waals surface area contributed by atoms with Crippen LogP contribution in [0.2, 0.25) is 5.02 Å². The maximum atomic E-state index is 12.4. The molecule has 1 atom stereocenters. The maximum Gasteiger partial charge on any atom is 0.258 e. The summed E-state index contributed by atoms with van der Waals surface area (Å²) in [5.74, 6) is 1.70. The second kappa shape index (κ2) is 7.62. The first-order chi connectivity index (χ1) is 13.5. The number of aryl methyl sites for hydroxylation is 1. The molecule has 0 saturated heterocycles. The Morgan fingerprint density at radius 1 is 1.07 bits per heavy atom. The van der Waals surface area contributed by atoms with Gasteiger partial charge < -0.3 is 9.32 Å². The highest BCUT2D eigenvalue weighted by atomic mass is 35.5. The Hall–Kier alpha value is -2.89. The minimum absolute atomic E-state index is 0.0473. The SMILES string of the molecule is Cc1cccc2nc(C[NH+](C)Cc3ccc(-c4ccc(Cl)cc4)o3)cc(=O)n12. The van der Waals surface area contributed by atoms with E-state index in [1.54, 1.807) is 10.5 Å². The minimum atomic E-state index is -0.0473. The Labute approximate surface area is 167 Å². The second-order valence-electron chi connectivity index (χ2n) is 7.03. The lowest BCUT2D eigenvalue weighted by molar-refractivity contribution is -0.909. The molecule has 0 bridgehead atoms. The topological polar surface area (TPSA) is 52.0 Å². The number of hydrogen-bond acceptors (Lipinski definition) is 3. The van der Waals surface area contributed by atoms with Crippen LogP contribution >= 0.6 is 11.6 Å². The third-order valence-corrected chi connectivity index (χ3v) is 4.93. The van der Waals surface area contributed by atoms with Crippen LogP contribution in [0.4, 0.5) is 0 Å². The summed E-state index contributed by atoms with van der Waals surface area (Å²) < 4.78 is 7.61. The van der Waals surface area contributed by atoms with Gasteiger partial charge in [0.15, 0.2) is 5.76 Å². The van der Waals surface area contributed by atoms with Crippen molar-refractivity contribution in [1.82, 2.24) is 9.38 Å². The summed E-state index contributed by atoms with van der Waals surface area (Å²) in [6.07, 6.45) is 0. The molecule has 0 aliphatic carbocycles. The molecule has 4 aromatic rings. The predicted octanol–water partition coefficient (Wildman–Crippen LogP) is 3.13. The normalized spacial score (nSPS) is 12.4. The number of pyridine rings is 1. The molecule has 0 saturated carbocycles. The number of rotatable bonds is 5. The van der Waals surface area contributed by atoms with Gasteiger partial charge in [-0.2, -0.15) is 0 Å². The van der Waals surface area contributed by atoms with E-state index in [0.29, 0.717) is 23.8 Å². The van der Waals surface area contributed by atoms with E-state index in [1.165, 1.54) is 4.90 Å². The summed E-state index contributed by atoms with van der Waals surface area (Å²) in [5, 5.41) is 0.702. The van der Waals surface area contributed by atoms with Crippen LogP contribution in [0.15, 0.2) is 69.9 Å². The molecule has 0 aliphatic heterocycles. The van der Waals surface area contributed by atoms with E-state index >= 15 is 0 Å². The first-order valence-electron chi connectivity index (χ1n) is 9.14. The van der Waals surface area contributed by atoms with Crippen LogP contribution in [0.3, 0.4) is 0 Å². The Morgan fingerprint density at radius 2 is 1.86 bits per heavy atom. The molecule has 3 heterocycles. The third kappa shape index (κ3) is 3.86. The van der Waals surface area contributed by atoms with E-state index in [2.05, 4.69) is 12.0 Å². The van der Waals surface area contributed by atoms with Gasteiger partial charge in [-0.05, 0) is 55.5 Å². The van der Waals surface area contributed by atoms with Crippen molar-refractivity contribution in [3.63, 3.8) is 0 Å². The minimum Gasteiger partial charge on any atom is -0.455 e. The Morgan fingerprint density at radius 3 is 2.64 bits per heavy atom. The number of nitrogens with zero attached hydrogens (tertiary/aromatic N) is 2. The number of quaternary nitrogens is 1. The lowest BCUT2D eigenvalue weighted by Crippen LogP contribution is -3.06. The monoisotopic (exact) mass is 394 g/mol. The zero-order valence-corrected chi connectivity index (χ0v) is 16.5. The van der Waals surface area contributed by atoms with Gasteiger partial charge in [0.25, 0.3) is 5.56 Å². The molecule has 4 rings (SSSR count). The summed E-state index contributed by atoms with van der Waals surface area (Å²) in [6.45, 7) is 3.24. The number of nitrogens with one attached hydrogen (secondary N) is 1. The molecule has 0 aliphatic rings. The van der Waals surface area contributed by atoms with Crippen molar-refractivity contribution in [2.24, 2.45) is 0 Å². The van der Waals surface area contributed by atoms with Crippen molar-refractivity contribution >= 4 is 17.2 Å². The summed E-state index contributed by atoms with van der Waals surface area (Å²) >= 11 is 5.94. The first-order valence-corrected chi connectivity index (χ1v) is 9.51. The highest BCUT2D eigenvalue weighted by Crippen LogP contribution is 2.23. The summed E-state index contributed by atoms with van der Waals surface area (Å²) in [6, 6.07) is 18.8. The molecule has 1 N–H and O–H groups in total. The molecule has 28 heavy (non-hydrogen) atoms. The number of aromatic nitrogens is 2. The summed E-state index contributed by atoms with van der Waals surface area (Å²) in [5.41, 5.74) is 3.28. The molecule has 0 spiro atoms. The van der Waals surface area contributed by atoms with Gasteiger partial charge in [0.1, 0.15) is 30.2 Å². The van der Waals surface area contributed by atoms with E-state index in [1.807, 2.05) is 61.5 Å². The average Bonchev–Trinajstić information content (AvgIpc) is 3.10. The number of fused-ring (bicyclic) bond motifs is 1. The van der Waals surface area contributed by atoms with Crippen molar-refractivity contribution in [3.8, 4) is 11.3 Å². The van der Waals surface area contributed by atoms with Gasteiger partial charge in [0.05, 0.1) is 7.05 Å². The number of hydrogen-bond donors (Lipinski definition) is 1. The van der Waals surface area contributed by atoms with E-state index in [0.717, 1.165) is 28.5 Å². The van der Waals surface area contributed by atoms with Crippen LogP contribution < -0.4 is 10.5 Å². The van der Waals surface area contributed by atoms with Crippen LogP contribution in [-0.2, 0) is 13.1 Å². The lowest BCUT2D eigenvalue weighted by Gasteiger charge is -2.13. The first kappa shape index (κ1) is 18.5. The van der Waals surface area contributed by atoms with E-state index < -0.39 is 0 Å². The molecule has 0 amide bonds. The Bertz CT molecular complexity index is 1180. The largest absolute Gasteiger partial charge is 0.455 e. The zero-order valence-electron chi connectivity index (χ0n) is 15.8.